The molecule has 1 rings (SSSR count). The molecule has 2 unspecified atom stereocenters. The highest BCUT2D eigenvalue weighted by atomic mass is 19.4. The van der Waals surface area contributed by atoms with Gasteiger partial charge in [-0.25, -0.2) is 4.79 Å². The Morgan fingerprint density at radius 2 is 2.00 bits per heavy atom. The number of carbonyl (C=O) groups is 2. The van der Waals surface area contributed by atoms with E-state index in [1.54, 1.807) is 0 Å². The maximum Gasteiger partial charge on any atom is 0.390 e. The van der Waals surface area contributed by atoms with Crippen LogP contribution in [0.2, 0.25) is 0 Å². The van der Waals surface area contributed by atoms with Gasteiger partial charge in [0.05, 0.1) is 12.3 Å². The summed E-state index contributed by atoms with van der Waals surface area (Å²) in [5.74, 6) is -1.39. The molecule has 1 aliphatic carbocycles. The molecule has 2 amide bonds. The average Bonchev–Trinajstić information content (AvgIpc) is 2.35. The van der Waals surface area contributed by atoms with Crippen LogP contribution in [0.5, 0.6) is 0 Å². The summed E-state index contributed by atoms with van der Waals surface area (Å²) in [6, 6.07) is -0.879. The van der Waals surface area contributed by atoms with Crippen molar-refractivity contribution in [3.63, 3.8) is 0 Å². The van der Waals surface area contributed by atoms with Crippen LogP contribution in [-0.2, 0) is 4.79 Å². The van der Waals surface area contributed by atoms with Gasteiger partial charge >= 0.3 is 18.2 Å². The van der Waals surface area contributed by atoms with Gasteiger partial charge in [-0.15, -0.1) is 0 Å². The van der Waals surface area contributed by atoms with Gasteiger partial charge in [0, 0.05) is 19.6 Å². The number of nitrogens with zero attached hydrogens (tertiary/aromatic N) is 1. The van der Waals surface area contributed by atoms with E-state index >= 15 is 0 Å². The minimum absolute atomic E-state index is 0.286. The van der Waals surface area contributed by atoms with Crippen molar-refractivity contribution in [2.75, 3.05) is 13.6 Å². The Labute approximate surface area is 115 Å². The van der Waals surface area contributed by atoms with E-state index in [9.17, 15) is 22.8 Å². The molecular formula is C12H19F3N2O3. The Morgan fingerprint density at radius 1 is 1.35 bits per heavy atom. The lowest BCUT2D eigenvalue weighted by Gasteiger charge is -2.29. The van der Waals surface area contributed by atoms with Crippen molar-refractivity contribution >= 4 is 12.0 Å². The second kappa shape index (κ2) is 6.81. The highest BCUT2D eigenvalue weighted by Gasteiger charge is 2.30. The second-order valence-electron chi connectivity index (χ2n) is 5.13. The molecule has 0 bridgehead atoms. The number of hydrogen-bond acceptors (Lipinski definition) is 2. The zero-order chi connectivity index (χ0) is 15.3. The van der Waals surface area contributed by atoms with Crippen LogP contribution >= 0.6 is 0 Å². The number of carbonyl (C=O) groups excluding carboxylic acids is 1. The van der Waals surface area contributed by atoms with Crippen LogP contribution in [0.15, 0.2) is 0 Å². The summed E-state index contributed by atoms with van der Waals surface area (Å²) in [6.07, 6.45) is -3.11. The van der Waals surface area contributed by atoms with Gasteiger partial charge < -0.3 is 15.3 Å². The number of hydrogen-bond donors (Lipinski definition) is 2. The van der Waals surface area contributed by atoms with E-state index in [4.69, 9.17) is 5.11 Å². The Morgan fingerprint density at radius 3 is 2.55 bits per heavy atom. The first-order chi connectivity index (χ1) is 9.19. The molecule has 0 aliphatic heterocycles. The molecule has 1 fully saturated rings. The van der Waals surface area contributed by atoms with Crippen LogP contribution in [-0.4, -0.2) is 47.8 Å². The van der Waals surface area contributed by atoms with Crippen molar-refractivity contribution in [3.8, 4) is 0 Å². The first-order valence-corrected chi connectivity index (χ1v) is 6.50. The fourth-order valence-corrected chi connectivity index (χ4v) is 2.23. The van der Waals surface area contributed by atoms with E-state index in [0.717, 1.165) is 4.90 Å². The Balaban J connectivity index is 2.39. The van der Waals surface area contributed by atoms with Crippen molar-refractivity contribution in [1.29, 1.82) is 0 Å². The molecule has 0 aromatic carbocycles. The topological polar surface area (TPSA) is 69.6 Å². The zero-order valence-electron chi connectivity index (χ0n) is 11.2. The molecule has 0 radical (unpaired) electrons. The molecule has 0 spiro atoms. The van der Waals surface area contributed by atoms with Gasteiger partial charge in [0.1, 0.15) is 0 Å². The third-order valence-corrected chi connectivity index (χ3v) is 3.43. The van der Waals surface area contributed by atoms with Crippen molar-refractivity contribution in [1.82, 2.24) is 10.2 Å². The molecule has 1 aliphatic rings. The molecule has 116 valence electrons. The Bertz CT molecular complexity index is 360. The third-order valence-electron chi connectivity index (χ3n) is 3.43. The quantitative estimate of drug-likeness (QED) is 0.835. The van der Waals surface area contributed by atoms with Gasteiger partial charge in [0.25, 0.3) is 0 Å². The Kier molecular flexibility index (Phi) is 5.64. The summed E-state index contributed by atoms with van der Waals surface area (Å²) in [4.78, 5) is 23.6. The van der Waals surface area contributed by atoms with Gasteiger partial charge in [0.2, 0.25) is 0 Å². The van der Waals surface area contributed by atoms with E-state index in [1.165, 1.54) is 7.05 Å². The van der Waals surface area contributed by atoms with Crippen molar-refractivity contribution in [2.24, 2.45) is 5.92 Å². The molecule has 0 aromatic rings. The molecular weight excluding hydrogens is 277 g/mol. The van der Waals surface area contributed by atoms with Crippen LogP contribution in [0.1, 0.15) is 32.1 Å². The van der Waals surface area contributed by atoms with Gasteiger partial charge in [-0.05, 0) is 19.3 Å². The molecule has 1 saturated carbocycles. The number of nitrogens with one attached hydrogen (secondary N) is 1. The van der Waals surface area contributed by atoms with Gasteiger partial charge in [-0.3, -0.25) is 4.79 Å². The minimum atomic E-state index is -4.30. The molecule has 0 aromatic heterocycles. The van der Waals surface area contributed by atoms with Crippen molar-refractivity contribution < 1.29 is 27.9 Å². The second-order valence-corrected chi connectivity index (χ2v) is 5.13. The molecule has 20 heavy (non-hydrogen) atoms. The number of aliphatic carboxylic acids is 1. The monoisotopic (exact) mass is 296 g/mol. The summed E-state index contributed by atoms with van der Waals surface area (Å²) in [5.41, 5.74) is 0. The van der Waals surface area contributed by atoms with E-state index in [2.05, 4.69) is 5.32 Å². The molecule has 0 heterocycles. The average molecular weight is 296 g/mol. The highest BCUT2D eigenvalue weighted by molar-refractivity contribution is 5.74. The van der Waals surface area contributed by atoms with Crippen LogP contribution < -0.4 is 5.32 Å². The zero-order valence-corrected chi connectivity index (χ0v) is 11.2. The molecule has 2 atom stereocenters. The van der Waals surface area contributed by atoms with Crippen LogP contribution in [0.4, 0.5) is 18.0 Å². The van der Waals surface area contributed by atoms with Gasteiger partial charge in [0.15, 0.2) is 0 Å². The van der Waals surface area contributed by atoms with E-state index in [1.807, 2.05) is 0 Å². The van der Waals surface area contributed by atoms with Crippen molar-refractivity contribution in [2.45, 2.75) is 44.3 Å². The number of carboxylic acid groups (broad SMARTS) is 1. The fourth-order valence-electron chi connectivity index (χ4n) is 2.23. The lowest BCUT2D eigenvalue weighted by atomic mass is 9.86. The SMILES string of the molecule is CN(CCC(F)(F)F)C(=O)NC1CCCC(C(=O)O)C1. The molecule has 8 heteroatoms. The summed E-state index contributed by atoms with van der Waals surface area (Å²) >= 11 is 0. The molecule has 5 nitrogen and oxygen atoms in total. The summed E-state index contributed by atoms with van der Waals surface area (Å²) in [6.45, 7) is -0.412. The number of amides is 2. The molecule has 2 N–H and O–H groups in total. The lowest BCUT2D eigenvalue weighted by molar-refractivity contribution is -0.143. The van der Waals surface area contributed by atoms with Gasteiger partial charge in [-0.1, -0.05) is 6.42 Å². The third kappa shape index (κ3) is 5.66. The number of halogens is 3. The highest BCUT2D eigenvalue weighted by Crippen LogP contribution is 2.24. The van der Waals surface area contributed by atoms with Crippen molar-refractivity contribution in [3.05, 3.63) is 0 Å². The van der Waals surface area contributed by atoms with E-state index < -0.39 is 37.1 Å². The first kappa shape index (κ1) is 16.6. The van der Waals surface area contributed by atoms with Crippen LogP contribution in [0, 0.1) is 5.92 Å². The summed E-state index contributed by atoms with van der Waals surface area (Å²) in [5, 5.41) is 11.5. The van der Waals surface area contributed by atoms with Gasteiger partial charge in [-0.2, -0.15) is 13.2 Å². The lowest BCUT2D eigenvalue weighted by Crippen LogP contribution is -2.46. The van der Waals surface area contributed by atoms with E-state index in [0.29, 0.717) is 25.7 Å². The maximum atomic E-state index is 12.1. The predicted molar refractivity (Wildman–Crippen MR) is 65.2 cm³/mol. The minimum Gasteiger partial charge on any atom is -0.481 e. The van der Waals surface area contributed by atoms with Crippen LogP contribution in [0.25, 0.3) is 0 Å². The number of rotatable bonds is 4. The van der Waals surface area contributed by atoms with E-state index in [-0.39, 0.29) is 6.04 Å². The molecule has 0 saturated heterocycles. The number of urea groups is 1. The summed E-state index contributed by atoms with van der Waals surface area (Å²) in [7, 11) is 1.29. The predicted octanol–water partition coefficient (Wildman–Crippen LogP) is 2.22. The largest absolute Gasteiger partial charge is 0.481 e. The normalized spacial score (nSPS) is 23.2. The number of carboxylic acids is 1. The Hall–Kier alpha value is -1.47. The summed E-state index contributed by atoms with van der Waals surface area (Å²) < 4.78 is 36.2. The fraction of sp³-hybridized carbons (Fsp3) is 0.833. The standard InChI is InChI=1S/C12H19F3N2O3/c1-17(6-5-12(13,14)15)11(20)16-9-4-2-3-8(7-9)10(18)19/h8-9H,2-7H2,1H3,(H,16,20)(H,18,19). The first-order valence-electron chi connectivity index (χ1n) is 6.50. The maximum absolute atomic E-state index is 12.1. The smallest absolute Gasteiger partial charge is 0.390 e. The van der Waals surface area contributed by atoms with Crippen LogP contribution in [0.3, 0.4) is 0 Å². The number of alkyl halides is 3.